The molecule has 0 aliphatic heterocycles. The lowest BCUT2D eigenvalue weighted by Crippen LogP contribution is -1.88. The molecule has 76 valence electrons. The first kappa shape index (κ1) is 12.4. The van der Waals surface area contributed by atoms with Crippen LogP contribution in [0.25, 0.3) is 0 Å². The number of hydrogen-bond donors (Lipinski definition) is 1. The molecule has 0 fully saturated rings. The highest BCUT2D eigenvalue weighted by Gasteiger charge is 1.97. The number of allylic oxidation sites excluding steroid dienone is 3. The van der Waals surface area contributed by atoms with Gasteiger partial charge in [0.2, 0.25) is 0 Å². The predicted molar refractivity (Wildman–Crippen MR) is 58.7 cm³/mol. The van der Waals surface area contributed by atoms with Crippen molar-refractivity contribution < 1.29 is 5.11 Å². The normalized spacial score (nSPS) is 14.4. The van der Waals surface area contributed by atoms with E-state index in [-0.39, 0.29) is 6.61 Å². The molecule has 0 rings (SSSR count). The van der Waals surface area contributed by atoms with Crippen LogP contribution in [0, 0.1) is 0 Å². The van der Waals surface area contributed by atoms with Gasteiger partial charge in [0.1, 0.15) is 0 Å². The molecule has 0 aromatic carbocycles. The van der Waals surface area contributed by atoms with E-state index in [4.69, 9.17) is 5.11 Å². The molecule has 0 radical (unpaired) electrons. The van der Waals surface area contributed by atoms with E-state index in [1.165, 1.54) is 11.1 Å². The molecule has 1 heteroatoms. The van der Waals surface area contributed by atoms with Crippen molar-refractivity contribution >= 4 is 0 Å². The maximum atomic E-state index is 8.83. The van der Waals surface area contributed by atoms with Crippen LogP contribution < -0.4 is 0 Å². The zero-order valence-electron chi connectivity index (χ0n) is 9.35. The fraction of sp³-hybridized carbons (Fsp3) is 0.667. The van der Waals surface area contributed by atoms with Crippen LogP contribution >= 0.6 is 0 Å². The summed E-state index contributed by atoms with van der Waals surface area (Å²) in [5.74, 6) is 0. The van der Waals surface area contributed by atoms with Crippen molar-refractivity contribution in [3.8, 4) is 0 Å². The Hall–Kier alpha value is -0.560. The molecular weight excluding hydrogens is 160 g/mol. The second-order valence-corrected chi connectivity index (χ2v) is 3.50. The Kier molecular flexibility index (Phi) is 6.61. The predicted octanol–water partition coefficient (Wildman–Crippen LogP) is 3.45. The summed E-state index contributed by atoms with van der Waals surface area (Å²) < 4.78 is 0. The third-order valence-corrected chi connectivity index (χ3v) is 2.51. The van der Waals surface area contributed by atoms with Gasteiger partial charge in [-0.2, -0.15) is 0 Å². The minimum absolute atomic E-state index is 0.183. The van der Waals surface area contributed by atoms with E-state index in [2.05, 4.69) is 26.8 Å². The fourth-order valence-corrected chi connectivity index (χ4v) is 1.23. The average molecular weight is 182 g/mol. The molecule has 0 atom stereocenters. The lowest BCUT2D eigenvalue weighted by Gasteiger charge is -2.06. The second kappa shape index (κ2) is 6.90. The molecule has 0 unspecified atom stereocenters. The van der Waals surface area contributed by atoms with Gasteiger partial charge in [-0.25, -0.2) is 0 Å². The van der Waals surface area contributed by atoms with E-state index in [0.717, 1.165) is 24.8 Å². The average Bonchev–Trinajstić information content (AvgIpc) is 2.17. The Morgan fingerprint density at radius 3 is 2.15 bits per heavy atom. The molecule has 1 N–H and O–H groups in total. The summed E-state index contributed by atoms with van der Waals surface area (Å²) in [7, 11) is 0. The van der Waals surface area contributed by atoms with Crippen LogP contribution in [0.4, 0.5) is 0 Å². The van der Waals surface area contributed by atoms with Crippen LogP contribution in [0.1, 0.15) is 47.0 Å². The van der Waals surface area contributed by atoms with E-state index < -0.39 is 0 Å². The van der Waals surface area contributed by atoms with Gasteiger partial charge in [-0.05, 0) is 33.1 Å². The van der Waals surface area contributed by atoms with Gasteiger partial charge in [-0.3, -0.25) is 0 Å². The molecule has 0 heterocycles. The molecule has 0 aliphatic carbocycles. The summed E-state index contributed by atoms with van der Waals surface area (Å²) in [5, 5.41) is 8.83. The molecular formula is C12H22O. The summed E-state index contributed by atoms with van der Waals surface area (Å²) in [6.45, 7) is 8.72. The van der Waals surface area contributed by atoms with Crippen molar-refractivity contribution in [2.45, 2.75) is 47.0 Å². The van der Waals surface area contributed by atoms with Gasteiger partial charge in [-0.1, -0.05) is 36.6 Å². The summed E-state index contributed by atoms with van der Waals surface area (Å²) >= 11 is 0. The summed E-state index contributed by atoms with van der Waals surface area (Å²) in [6.07, 6.45) is 5.38. The monoisotopic (exact) mass is 182 g/mol. The highest BCUT2D eigenvalue weighted by atomic mass is 16.3. The van der Waals surface area contributed by atoms with Crippen LogP contribution in [0.3, 0.4) is 0 Å². The fourth-order valence-electron chi connectivity index (χ4n) is 1.23. The van der Waals surface area contributed by atoms with Crippen molar-refractivity contribution in [3.63, 3.8) is 0 Å². The van der Waals surface area contributed by atoms with Gasteiger partial charge in [0.05, 0.1) is 6.61 Å². The third kappa shape index (κ3) is 4.89. The standard InChI is InChI=1S/C12H22O/c1-5-11(4)12(6-2)8-7-10(3)9-13/h7,13H,5-6,8-9H2,1-4H3/b10-7+,12-11+. The maximum Gasteiger partial charge on any atom is 0.0639 e. The molecule has 0 aromatic heterocycles. The van der Waals surface area contributed by atoms with Crippen molar-refractivity contribution in [2.24, 2.45) is 0 Å². The smallest absolute Gasteiger partial charge is 0.0639 e. The Bertz CT molecular complexity index is 199. The van der Waals surface area contributed by atoms with Crippen LogP contribution in [-0.2, 0) is 0 Å². The van der Waals surface area contributed by atoms with Crippen LogP contribution in [0.2, 0.25) is 0 Å². The first-order valence-electron chi connectivity index (χ1n) is 5.09. The Morgan fingerprint density at radius 1 is 1.15 bits per heavy atom. The lowest BCUT2D eigenvalue weighted by atomic mass is 10.0. The van der Waals surface area contributed by atoms with Gasteiger partial charge in [0, 0.05) is 0 Å². The van der Waals surface area contributed by atoms with E-state index in [9.17, 15) is 0 Å². The topological polar surface area (TPSA) is 20.2 Å². The zero-order chi connectivity index (χ0) is 10.3. The molecule has 0 amide bonds. The van der Waals surface area contributed by atoms with Crippen molar-refractivity contribution in [1.82, 2.24) is 0 Å². The van der Waals surface area contributed by atoms with Gasteiger partial charge in [0.25, 0.3) is 0 Å². The molecule has 0 aliphatic rings. The largest absolute Gasteiger partial charge is 0.392 e. The van der Waals surface area contributed by atoms with Crippen LogP contribution in [-0.4, -0.2) is 11.7 Å². The molecule has 0 spiro atoms. The Morgan fingerprint density at radius 2 is 1.77 bits per heavy atom. The minimum atomic E-state index is 0.183. The molecule has 0 bridgehead atoms. The van der Waals surface area contributed by atoms with E-state index in [1.54, 1.807) is 0 Å². The molecule has 0 saturated carbocycles. The van der Waals surface area contributed by atoms with Crippen molar-refractivity contribution in [3.05, 3.63) is 22.8 Å². The lowest BCUT2D eigenvalue weighted by molar-refractivity contribution is 0.331. The summed E-state index contributed by atoms with van der Waals surface area (Å²) in [6, 6.07) is 0. The number of aliphatic hydroxyl groups is 1. The molecule has 13 heavy (non-hydrogen) atoms. The third-order valence-electron chi connectivity index (χ3n) is 2.51. The quantitative estimate of drug-likeness (QED) is 0.646. The van der Waals surface area contributed by atoms with Crippen LogP contribution in [0.5, 0.6) is 0 Å². The van der Waals surface area contributed by atoms with Crippen molar-refractivity contribution in [1.29, 1.82) is 0 Å². The Labute approximate surface area is 82.2 Å². The van der Waals surface area contributed by atoms with E-state index >= 15 is 0 Å². The first-order chi connectivity index (χ1) is 6.15. The SMILES string of the molecule is CC/C(C)=C(\CC)C/C=C(\C)CO. The van der Waals surface area contributed by atoms with Gasteiger partial charge >= 0.3 is 0 Å². The second-order valence-electron chi connectivity index (χ2n) is 3.50. The summed E-state index contributed by atoms with van der Waals surface area (Å²) in [4.78, 5) is 0. The van der Waals surface area contributed by atoms with E-state index in [1.807, 2.05) is 6.92 Å². The maximum absolute atomic E-state index is 8.83. The highest BCUT2D eigenvalue weighted by molar-refractivity contribution is 5.16. The Balaban J connectivity index is 4.31. The zero-order valence-corrected chi connectivity index (χ0v) is 9.35. The highest BCUT2D eigenvalue weighted by Crippen LogP contribution is 2.16. The van der Waals surface area contributed by atoms with E-state index in [0.29, 0.717) is 0 Å². The van der Waals surface area contributed by atoms with Gasteiger partial charge in [0.15, 0.2) is 0 Å². The first-order valence-corrected chi connectivity index (χ1v) is 5.09. The molecule has 0 saturated heterocycles. The molecule has 1 nitrogen and oxygen atoms in total. The van der Waals surface area contributed by atoms with Gasteiger partial charge in [-0.15, -0.1) is 0 Å². The van der Waals surface area contributed by atoms with Crippen molar-refractivity contribution in [2.75, 3.05) is 6.61 Å². The summed E-state index contributed by atoms with van der Waals surface area (Å²) in [5.41, 5.74) is 4.06. The van der Waals surface area contributed by atoms with Crippen LogP contribution in [0.15, 0.2) is 22.8 Å². The minimum Gasteiger partial charge on any atom is -0.392 e. The number of hydrogen-bond acceptors (Lipinski definition) is 1. The number of aliphatic hydroxyl groups excluding tert-OH is 1. The molecule has 0 aromatic rings. The number of rotatable bonds is 5. The van der Waals surface area contributed by atoms with Gasteiger partial charge < -0.3 is 5.11 Å².